The van der Waals surface area contributed by atoms with Gasteiger partial charge in [-0.1, -0.05) is 13.0 Å². The third-order valence-electron chi connectivity index (χ3n) is 8.72. The predicted octanol–water partition coefficient (Wildman–Crippen LogP) is 0.0376. The van der Waals surface area contributed by atoms with Gasteiger partial charge in [-0.2, -0.15) is 0 Å². The summed E-state index contributed by atoms with van der Waals surface area (Å²) in [7, 11) is 2.99. The lowest BCUT2D eigenvalue weighted by atomic mass is 9.52. The molecular formula is C28H32N4O10S. The molecule has 1 amide bonds. The van der Waals surface area contributed by atoms with Crippen molar-refractivity contribution in [2.45, 2.75) is 43.6 Å². The molecule has 3 aliphatic carbocycles. The van der Waals surface area contributed by atoms with E-state index in [2.05, 4.69) is 10.3 Å². The third kappa shape index (κ3) is 4.33. The number of aromatic hydroxyl groups is 1. The number of hydrogen-bond donors (Lipinski definition) is 7. The molecule has 5 rings (SSSR count). The van der Waals surface area contributed by atoms with E-state index >= 15 is 0 Å². The summed E-state index contributed by atoms with van der Waals surface area (Å²) >= 11 is 1.05. The third-order valence-corrected chi connectivity index (χ3v) is 9.48. The fraction of sp³-hybridized carbons (Fsp3) is 0.464. The number of carbonyl (C=O) groups is 4. The van der Waals surface area contributed by atoms with E-state index in [-0.39, 0.29) is 28.7 Å². The second kappa shape index (κ2) is 10.7. The number of amides is 1. The topological polar surface area (TPSA) is 233 Å². The van der Waals surface area contributed by atoms with Crippen molar-refractivity contribution < 1.29 is 49.4 Å². The number of benzene rings is 1. The highest BCUT2D eigenvalue weighted by Gasteiger charge is 2.71. The van der Waals surface area contributed by atoms with E-state index < -0.39 is 88.0 Å². The van der Waals surface area contributed by atoms with Gasteiger partial charge in [-0.05, 0) is 38.6 Å². The van der Waals surface area contributed by atoms with Crippen LogP contribution in [0.5, 0.6) is 5.75 Å². The SMILES string of the molecule is CCOC(=O)c1csc(Nc2ccc3c(c2O)C(O)=C2C(=O)[C@]4(O)C(=O)C(C(N)=O)C(O)[C@@H](N(C)C)C4[C@@H](O)C2[C@H]3C)n1. The van der Waals surface area contributed by atoms with Crippen LogP contribution in [0.25, 0.3) is 5.76 Å². The van der Waals surface area contributed by atoms with Crippen LogP contribution >= 0.6 is 11.3 Å². The van der Waals surface area contributed by atoms with Gasteiger partial charge in [0.15, 0.2) is 22.2 Å². The van der Waals surface area contributed by atoms with E-state index in [1.807, 2.05) is 0 Å². The maximum Gasteiger partial charge on any atom is 0.357 e. The van der Waals surface area contributed by atoms with Gasteiger partial charge in [-0.15, -0.1) is 11.3 Å². The minimum Gasteiger partial charge on any atom is -0.507 e. The molecule has 43 heavy (non-hydrogen) atoms. The number of hydrogen-bond acceptors (Lipinski definition) is 14. The van der Waals surface area contributed by atoms with E-state index in [1.54, 1.807) is 19.9 Å². The molecule has 0 bridgehead atoms. The average molecular weight is 617 g/mol. The number of ketones is 2. The minimum absolute atomic E-state index is 0.0466. The summed E-state index contributed by atoms with van der Waals surface area (Å²) in [6, 6.07) is 1.82. The monoisotopic (exact) mass is 616 g/mol. The number of esters is 1. The van der Waals surface area contributed by atoms with Crippen molar-refractivity contribution in [3.63, 3.8) is 0 Å². The van der Waals surface area contributed by atoms with Crippen LogP contribution in [0.4, 0.5) is 10.8 Å². The molecule has 4 unspecified atom stereocenters. The number of phenols is 1. The molecule has 15 heteroatoms. The summed E-state index contributed by atoms with van der Waals surface area (Å²) in [4.78, 5) is 57.3. The van der Waals surface area contributed by atoms with Gasteiger partial charge in [0, 0.05) is 28.8 Å². The molecule has 14 nitrogen and oxygen atoms in total. The zero-order valence-corrected chi connectivity index (χ0v) is 24.5. The van der Waals surface area contributed by atoms with E-state index in [1.165, 1.54) is 30.4 Å². The van der Waals surface area contributed by atoms with Gasteiger partial charge in [0.2, 0.25) is 11.7 Å². The van der Waals surface area contributed by atoms with E-state index in [0.29, 0.717) is 5.56 Å². The lowest BCUT2D eigenvalue weighted by Crippen LogP contribution is -2.76. The van der Waals surface area contributed by atoms with Gasteiger partial charge in [-0.3, -0.25) is 14.4 Å². The van der Waals surface area contributed by atoms with Crippen molar-refractivity contribution in [2.24, 2.45) is 23.5 Å². The molecule has 0 radical (unpaired) electrons. The number of nitrogens with one attached hydrogen (secondary N) is 1. The van der Waals surface area contributed by atoms with Gasteiger partial charge in [0.1, 0.15) is 17.4 Å². The molecule has 8 atom stereocenters. The average Bonchev–Trinajstić information content (AvgIpc) is 3.40. The van der Waals surface area contributed by atoms with Gasteiger partial charge in [0.25, 0.3) is 0 Å². The van der Waals surface area contributed by atoms with Crippen LogP contribution in [0.2, 0.25) is 0 Å². The first kappa shape index (κ1) is 30.6. The molecule has 8 N–H and O–H groups in total. The number of aromatic nitrogens is 1. The second-order valence-corrected chi connectivity index (χ2v) is 12.0. The number of phenolic OH excluding ortho intramolecular Hbond substituents is 1. The summed E-state index contributed by atoms with van der Waals surface area (Å²) in [6.45, 7) is 3.46. The van der Waals surface area contributed by atoms with Crippen LogP contribution in [0.1, 0.15) is 41.4 Å². The molecule has 3 aliphatic rings. The fourth-order valence-electron chi connectivity index (χ4n) is 6.82. The van der Waals surface area contributed by atoms with E-state index in [9.17, 15) is 44.7 Å². The number of carbonyl (C=O) groups excluding carboxylic acids is 4. The van der Waals surface area contributed by atoms with Crippen LogP contribution in [0, 0.1) is 17.8 Å². The Hall–Kier alpha value is -3.89. The lowest BCUT2D eigenvalue weighted by molar-refractivity contribution is -0.199. The molecular weight excluding hydrogens is 584 g/mol. The zero-order chi connectivity index (χ0) is 31.7. The molecule has 0 spiro atoms. The molecule has 0 aliphatic heterocycles. The van der Waals surface area contributed by atoms with Crippen molar-refractivity contribution in [1.29, 1.82) is 0 Å². The van der Waals surface area contributed by atoms with Crippen molar-refractivity contribution in [3.05, 3.63) is 39.9 Å². The highest BCUT2D eigenvalue weighted by molar-refractivity contribution is 7.14. The van der Waals surface area contributed by atoms with Crippen LogP contribution in [0.15, 0.2) is 23.1 Å². The Bertz CT molecular complexity index is 1570. The van der Waals surface area contributed by atoms with Crippen molar-refractivity contribution in [1.82, 2.24) is 9.88 Å². The maximum atomic E-state index is 14.1. The largest absolute Gasteiger partial charge is 0.507 e. The Kier molecular flexibility index (Phi) is 7.59. The number of nitrogens with zero attached hydrogens (tertiary/aromatic N) is 2. The quantitative estimate of drug-likeness (QED) is 0.129. The van der Waals surface area contributed by atoms with Crippen molar-refractivity contribution in [3.8, 4) is 5.75 Å². The maximum absolute atomic E-state index is 14.1. The number of nitrogens with two attached hydrogens (primary N) is 1. The van der Waals surface area contributed by atoms with E-state index in [4.69, 9.17) is 10.5 Å². The minimum atomic E-state index is -3.01. The molecule has 1 aromatic heterocycles. The van der Waals surface area contributed by atoms with Crippen LogP contribution in [-0.2, 0) is 19.1 Å². The van der Waals surface area contributed by atoms with Crippen molar-refractivity contribution in [2.75, 3.05) is 26.0 Å². The molecule has 0 saturated heterocycles. The van der Waals surface area contributed by atoms with Crippen molar-refractivity contribution >= 4 is 51.4 Å². The number of likely N-dealkylation sites (N-methyl/N-ethyl adjacent to an activating group) is 1. The van der Waals surface area contributed by atoms with Gasteiger partial charge >= 0.3 is 5.97 Å². The van der Waals surface area contributed by atoms with Gasteiger partial charge in [-0.25, -0.2) is 9.78 Å². The highest BCUT2D eigenvalue weighted by Crippen LogP contribution is 2.56. The first-order chi connectivity index (χ1) is 20.2. The van der Waals surface area contributed by atoms with Gasteiger partial charge < -0.3 is 46.2 Å². The number of thiazole rings is 1. The number of fused-ring (bicyclic) bond motifs is 3. The molecule has 2 saturated carbocycles. The molecule has 230 valence electrons. The number of ether oxygens (including phenoxy) is 1. The summed E-state index contributed by atoms with van der Waals surface area (Å²) in [6.07, 6.45) is -3.38. The summed E-state index contributed by atoms with van der Waals surface area (Å²) < 4.78 is 4.93. The Morgan fingerprint density at radius 2 is 1.86 bits per heavy atom. The second-order valence-electron chi connectivity index (χ2n) is 11.2. The Balaban J connectivity index is 1.62. The molecule has 2 aromatic rings. The number of Topliss-reactive ketones (excluding diaryl/α,β-unsaturated/α-hetero) is 2. The molecule has 2 fully saturated rings. The van der Waals surface area contributed by atoms with E-state index in [0.717, 1.165) is 11.3 Å². The summed E-state index contributed by atoms with van der Waals surface area (Å²) in [5, 5.41) is 61.7. The Morgan fingerprint density at radius 1 is 1.19 bits per heavy atom. The number of rotatable bonds is 6. The predicted molar refractivity (Wildman–Crippen MR) is 152 cm³/mol. The number of primary amides is 1. The first-order valence-corrected chi connectivity index (χ1v) is 14.4. The molecule has 1 aromatic carbocycles. The summed E-state index contributed by atoms with van der Waals surface area (Å²) in [5.41, 5.74) is 2.17. The highest BCUT2D eigenvalue weighted by atomic mass is 32.1. The van der Waals surface area contributed by atoms with Crippen LogP contribution < -0.4 is 11.1 Å². The number of anilines is 2. The lowest BCUT2D eigenvalue weighted by Gasteiger charge is -2.56. The molecule has 1 heterocycles. The standard InChI is InChI=1S/C28H32N4O10S/c1-5-42-26(40)12-8-43-27(31-12)30-11-7-6-10-9(2)13-15(20(34)14(10)19(11)33)23(37)28(41)17(21(13)35)18(32(3)4)22(36)16(24(28)38)25(29)39/h6-9,13,16-18,21-22,33-36,41H,5H2,1-4H3,(H2,29,39)(H,30,31)/t9-,13?,16?,17?,18-,21-,22?,28-/m0/s1. The Morgan fingerprint density at radius 3 is 2.47 bits per heavy atom. The fourth-order valence-corrected chi connectivity index (χ4v) is 7.51. The number of aliphatic hydroxyl groups is 4. The van der Waals surface area contributed by atoms with Crippen LogP contribution in [-0.4, -0.2) is 103 Å². The smallest absolute Gasteiger partial charge is 0.357 e. The van der Waals surface area contributed by atoms with Gasteiger partial charge in [0.05, 0.1) is 30.1 Å². The van der Waals surface area contributed by atoms with Crippen LogP contribution in [0.3, 0.4) is 0 Å². The first-order valence-electron chi connectivity index (χ1n) is 13.5. The normalized spacial score (nSPS) is 31.8. The summed E-state index contributed by atoms with van der Waals surface area (Å²) in [5.74, 6) is -11.2. The number of aliphatic hydroxyl groups excluding tert-OH is 3. The zero-order valence-electron chi connectivity index (χ0n) is 23.6. The Labute approximate surface area is 249 Å².